The molecule has 12 heavy (non-hydrogen) atoms. The Balaban J connectivity index is 2.63. The summed E-state index contributed by atoms with van der Waals surface area (Å²) in [7, 11) is 0. The minimum atomic E-state index is -0.761. The van der Waals surface area contributed by atoms with Crippen LogP contribution in [0.4, 0.5) is 10.7 Å². The van der Waals surface area contributed by atoms with Crippen LogP contribution < -0.4 is 16.8 Å². The molecule has 0 aliphatic heterocycles. The number of nitrogens with zero attached hydrogens (tertiary/aromatic N) is 1. The number of urea groups is 1. The van der Waals surface area contributed by atoms with Crippen molar-refractivity contribution < 1.29 is 9.21 Å². The topological polar surface area (TPSA) is 107 Å². The third kappa shape index (κ3) is 2.33. The van der Waals surface area contributed by atoms with E-state index in [0.717, 1.165) is 0 Å². The van der Waals surface area contributed by atoms with E-state index >= 15 is 0 Å². The molecule has 0 saturated heterocycles. The fourth-order valence-electron chi connectivity index (χ4n) is 0.606. The predicted octanol–water partition coefficient (Wildman–Crippen LogP) is -0.106. The van der Waals surface area contributed by atoms with Crippen molar-refractivity contribution >= 4 is 17.9 Å². The molecule has 5 N–H and O–H groups in total. The van der Waals surface area contributed by atoms with Crippen LogP contribution >= 0.6 is 0 Å². The molecular formula is C6H8N4O2. The molecule has 0 aromatic carbocycles. The summed E-state index contributed by atoms with van der Waals surface area (Å²) in [5.74, 6) is 0.207. The highest BCUT2D eigenvalue weighted by molar-refractivity contribution is 5.95. The lowest BCUT2D eigenvalue weighted by Gasteiger charge is -1.96. The van der Waals surface area contributed by atoms with Crippen molar-refractivity contribution in [3.63, 3.8) is 0 Å². The third-order valence-corrected chi connectivity index (χ3v) is 0.988. The lowest BCUT2D eigenvalue weighted by molar-refractivity contribution is 0.253. The molecule has 1 heterocycles. The molecule has 0 fully saturated rings. The maximum atomic E-state index is 10.3. The first-order valence-corrected chi connectivity index (χ1v) is 3.12. The molecule has 1 aromatic heterocycles. The van der Waals surface area contributed by atoms with E-state index in [9.17, 15) is 4.79 Å². The summed E-state index contributed by atoms with van der Waals surface area (Å²) in [5.41, 5.74) is 10.0. The summed E-state index contributed by atoms with van der Waals surface area (Å²) in [6, 6.07) is 2.48. The molecule has 6 nitrogen and oxygen atoms in total. The van der Waals surface area contributed by atoms with Gasteiger partial charge in [0.1, 0.15) is 0 Å². The van der Waals surface area contributed by atoms with Crippen LogP contribution in [-0.2, 0) is 0 Å². The molecule has 0 aliphatic carbocycles. The number of amides is 2. The number of primary amides is 1. The number of hydrogen-bond donors (Lipinski definition) is 3. The first-order chi connectivity index (χ1) is 5.68. The number of rotatable bonds is 1. The first-order valence-electron chi connectivity index (χ1n) is 3.12. The van der Waals surface area contributed by atoms with E-state index < -0.39 is 6.03 Å². The standard InChI is InChI=1S/C6H8N4O2/c7-5(10-6(8)11)9-4-2-1-3-12-4/h1-3H,(H5,7,8,9,10,11). The Bertz CT molecular complexity index is 291. The number of nitrogens with one attached hydrogen (secondary N) is 1. The third-order valence-electron chi connectivity index (χ3n) is 0.988. The van der Waals surface area contributed by atoms with Gasteiger partial charge in [-0.25, -0.2) is 4.79 Å². The zero-order valence-corrected chi connectivity index (χ0v) is 6.15. The molecule has 0 atom stereocenters. The van der Waals surface area contributed by atoms with E-state index in [1.807, 2.05) is 0 Å². The summed E-state index contributed by atoms with van der Waals surface area (Å²) >= 11 is 0. The van der Waals surface area contributed by atoms with Crippen molar-refractivity contribution in [3.05, 3.63) is 18.4 Å². The van der Waals surface area contributed by atoms with Gasteiger partial charge in [0, 0.05) is 6.07 Å². The fourth-order valence-corrected chi connectivity index (χ4v) is 0.606. The summed E-state index contributed by atoms with van der Waals surface area (Å²) in [6.45, 7) is 0. The highest BCUT2D eigenvalue weighted by Crippen LogP contribution is 2.09. The predicted molar refractivity (Wildman–Crippen MR) is 42.7 cm³/mol. The Morgan fingerprint density at radius 1 is 1.58 bits per heavy atom. The van der Waals surface area contributed by atoms with E-state index in [4.69, 9.17) is 15.9 Å². The Kier molecular flexibility index (Phi) is 2.32. The Morgan fingerprint density at radius 2 is 2.33 bits per heavy atom. The van der Waals surface area contributed by atoms with Crippen LogP contribution in [0, 0.1) is 0 Å². The van der Waals surface area contributed by atoms with E-state index in [-0.39, 0.29) is 5.96 Å². The molecule has 0 spiro atoms. The second kappa shape index (κ2) is 3.42. The van der Waals surface area contributed by atoms with Crippen molar-refractivity contribution in [2.75, 3.05) is 0 Å². The Morgan fingerprint density at radius 3 is 2.83 bits per heavy atom. The largest absolute Gasteiger partial charge is 0.447 e. The molecule has 0 saturated carbocycles. The molecule has 0 radical (unpaired) electrons. The molecule has 6 heteroatoms. The van der Waals surface area contributed by atoms with Gasteiger partial charge in [0.2, 0.25) is 11.8 Å². The van der Waals surface area contributed by atoms with Gasteiger partial charge in [-0.15, -0.1) is 0 Å². The van der Waals surface area contributed by atoms with Gasteiger partial charge in [0.25, 0.3) is 0 Å². The quantitative estimate of drug-likeness (QED) is 0.402. The van der Waals surface area contributed by atoms with Gasteiger partial charge in [-0.3, -0.25) is 5.32 Å². The number of carbonyl (C=O) groups is 1. The second-order valence-corrected chi connectivity index (χ2v) is 1.94. The zero-order valence-electron chi connectivity index (χ0n) is 6.15. The number of aliphatic imine (C=N–C) groups is 1. The van der Waals surface area contributed by atoms with Crippen LogP contribution in [-0.4, -0.2) is 12.0 Å². The van der Waals surface area contributed by atoms with Crippen LogP contribution in [0.25, 0.3) is 0 Å². The Hall–Kier alpha value is -1.98. The average Bonchev–Trinajstić information content (AvgIpc) is 2.37. The van der Waals surface area contributed by atoms with Crippen LogP contribution in [0.5, 0.6) is 0 Å². The maximum Gasteiger partial charge on any atom is 0.318 e. The molecule has 0 aliphatic rings. The van der Waals surface area contributed by atoms with Crippen molar-refractivity contribution in [2.24, 2.45) is 16.5 Å². The number of nitrogens with two attached hydrogens (primary N) is 2. The van der Waals surface area contributed by atoms with Gasteiger partial charge in [-0.2, -0.15) is 4.99 Å². The molecule has 1 aromatic rings. The first kappa shape index (κ1) is 8.12. The van der Waals surface area contributed by atoms with Crippen LogP contribution in [0.3, 0.4) is 0 Å². The maximum absolute atomic E-state index is 10.3. The van der Waals surface area contributed by atoms with E-state index in [1.54, 1.807) is 12.1 Å². The molecule has 1 rings (SSSR count). The van der Waals surface area contributed by atoms with Crippen LogP contribution in [0.15, 0.2) is 27.8 Å². The van der Waals surface area contributed by atoms with Crippen LogP contribution in [0.1, 0.15) is 0 Å². The van der Waals surface area contributed by atoms with Crippen molar-refractivity contribution in [2.45, 2.75) is 0 Å². The van der Waals surface area contributed by atoms with Gasteiger partial charge < -0.3 is 15.9 Å². The summed E-state index contributed by atoms with van der Waals surface area (Å²) < 4.78 is 4.83. The normalized spacial score (nSPS) is 11.2. The molecule has 0 unspecified atom stereocenters. The average molecular weight is 168 g/mol. The lowest BCUT2D eigenvalue weighted by Crippen LogP contribution is -2.39. The van der Waals surface area contributed by atoms with Crippen LogP contribution in [0.2, 0.25) is 0 Å². The highest BCUT2D eigenvalue weighted by Gasteiger charge is 1.96. The van der Waals surface area contributed by atoms with Gasteiger partial charge in [-0.1, -0.05) is 0 Å². The van der Waals surface area contributed by atoms with E-state index in [2.05, 4.69) is 10.3 Å². The number of hydrogen-bond acceptors (Lipinski definition) is 3. The van der Waals surface area contributed by atoms with Crippen molar-refractivity contribution in [3.8, 4) is 0 Å². The van der Waals surface area contributed by atoms with Crippen molar-refractivity contribution in [1.29, 1.82) is 0 Å². The molecule has 2 amide bonds. The number of furan rings is 1. The monoisotopic (exact) mass is 168 g/mol. The number of guanidine groups is 1. The Labute approximate surface area is 68.2 Å². The summed E-state index contributed by atoms with van der Waals surface area (Å²) in [6.07, 6.45) is 1.44. The minimum Gasteiger partial charge on any atom is -0.447 e. The fraction of sp³-hybridized carbons (Fsp3) is 0. The van der Waals surface area contributed by atoms with Gasteiger partial charge in [0.05, 0.1) is 6.26 Å². The summed E-state index contributed by atoms with van der Waals surface area (Å²) in [5, 5.41) is 2.09. The lowest BCUT2D eigenvalue weighted by atomic mass is 10.6. The van der Waals surface area contributed by atoms with Crippen molar-refractivity contribution in [1.82, 2.24) is 5.32 Å². The van der Waals surface area contributed by atoms with Gasteiger partial charge >= 0.3 is 6.03 Å². The zero-order chi connectivity index (χ0) is 8.97. The summed E-state index contributed by atoms with van der Waals surface area (Å²) in [4.78, 5) is 13.9. The molecule has 0 bridgehead atoms. The SMILES string of the molecule is NC(=O)NC(N)=Nc1ccco1. The smallest absolute Gasteiger partial charge is 0.318 e. The number of carbonyl (C=O) groups excluding carboxylic acids is 1. The minimum absolute atomic E-state index is 0.0996. The highest BCUT2D eigenvalue weighted by atomic mass is 16.3. The van der Waals surface area contributed by atoms with Gasteiger partial charge in [0.15, 0.2) is 0 Å². The second-order valence-electron chi connectivity index (χ2n) is 1.94. The van der Waals surface area contributed by atoms with Gasteiger partial charge in [-0.05, 0) is 6.07 Å². The van der Waals surface area contributed by atoms with E-state index in [1.165, 1.54) is 6.26 Å². The molecule has 64 valence electrons. The molecular weight excluding hydrogens is 160 g/mol. The van der Waals surface area contributed by atoms with E-state index in [0.29, 0.717) is 5.88 Å².